The number of hydrogen-bond acceptors (Lipinski definition) is 4. The van der Waals surface area contributed by atoms with Crippen molar-refractivity contribution in [1.82, 2.24) is 0 Å². The van der Waals surface area contributed by atoms with E-state index in [1.807, 2.05) is 0 Å². The maximum absolute atomic E-state index is 11.8. The van der Waals surface area contributed by atoms with Gasteiger partial charge in [-0.3, -0.25) is 9.59 Å². The average Bonchev–Trinajstić information content (AvgIpc) is 2.41. The predicted octanol–water partition coefficient (Wildman–Crippen LogP) is 1.14. The fraction of sp³-hybridized carbons (Fsp3) is 0.231. The first-order valence-electron chi connectivity index (χ1n) is 5.72. The summed E-state index contributed by atoms with van der Waals surface area (Å²) in [6, 6.07) is 6.58. The Balaban J connectivity index is 1.97. The van der Waals surface area contributed by atoms with Crippen molar-refractivity contribution in [2.24, 2.45) is 0 Å². The molecule has 0 fully saturated rings. The van der Waals surface area contributed by atoms with E-state index in [4.69, 9.17) is 14.6 Å². The molecule has 0 radical (unpaired) electrons. The highest BCUT2D eigenvalue weighted by Gasteiger charge is 2.14. The Morgan fingerprint density at radius 1 is 1.21 bits per heavy atom. The maximum Gasteiger partial charge on any atom is 0.307 e. The molecule has 100 valence electrons. The van der Waals surface area contributed by atoms with Crippen molar-refractivity contribution in [3.8, 4) is 0 Å². The first-order valence-corrected chi connectivity index (χ1v) is 5.72. The highest BCUT2D eigenvalue weighted by Crippen LogP contribution is 2.13. The summed E-state index contributed by atoms with van der Waals surface area (Å²) >= 11 is 0. The van der Waals surface area contributed by atoms with Gasteiger partial charge in [-0.1, -0.05) is 12.1 Å². The van der Waals surface area contributed by atoms with Gasteiger partial charge in [-0.05, 0) is 17.7 Å². The summed E-state index contributed by atoms with van der Waals surface area (Å²) < 4.78 is 10.1. The van der Waals surface area contributed by atoms with E-state index < -0.39 is 11.9 Å². The number of benzene rings is 1. The van der Waals surface area contributed by atoms with Crippen LogP contribution in [0.5, 0.6) is 0 Å². The molecular weight excluding hydrogens is 250 g/mol. The van der Waals surface area contributed by atoms with Gasteiger partial charge in [0.25, 0.3) is 5.91 Å². The van der Waals surface area contributed by atoms with Crippen LogP contribution in [-0.4, -0.2) is 30.2 Å². The third kappa shape index (κ3) is 3.74. The molecule has 1 heterocycles. The molecule has 6 heteroatoms. The molecule has 0 aliphatic carbocycles. The molecule has 1 aromatic carbocycles. The molecule has 0 bridgehead atoms. The Bertz CT molecular complexity index is 506. The number of carboxylic acids is 1. The number of ether oxygens (including phenoxy) is 2. The lowest BCUT2D eigenvalue weighted by atomic mass is 10.1. The van der Waals surface area contributed by atoms with Crippen LogP contribution in [0.2, 0.25) is 0 Å². The molecule has 2 rings (SSSR count). The van der Waals surface area contributed by atoms with Crippen LogP contribution in [0.4, 0.5) is 5.69 Å². The Labute approximate surface area is 109 Å². The van der Waals surface area contributed by atoms with E-state index in [9.17, 15) is 9.59 Å². The van der Waals surface area contributed by atoms with E-state index in [0.29, 0.717) is 24.5 Å². The topological polar surface area (TPSA) is 84.9 Å². The third-order valence-corrected chi connectivity index (χ3v) is 2.44. The fourth-order valence-corrected chi connectivity index (χ4v) is 1.56. The lowest BCUT2D eigenvalue weighted by Crippen LogP contribution is -2.21. The van der Waals surface area contributed by atoms with Gasteiger partial charge in [-0.2, -0.15) is 0 Å². The largest absolute Gasteiger partial charge is 0.494 e. The van der Waals surface area contributed by atoms with Crippen molar-refractivity contribution in [2.45, 2.75) is 6.42 Å². The molecule has 0 atom stereocenters. The molecule has 2 N–H and O–H groups in total. The van der Waals surface area contributed by atoms with Crippen molar-refractivity contribution >= 4 is 17.6 Å². The van der Waals surface area contributed by atoms with E-state index in [1.54, 1.807) is 24.3 Å². The van der Waals surface area contributed by atoms with Gasteiger partial charge in [0.05, 0.1) is 6.42 Å². The van der Waals surface area contributed by atoms with E-state index in [-0.39, 0.29) is 12.2 Å². The number of hydrogen-bond donors (Lipinski definition) is 2. The Morgan fingerprint density at radius 2 is 1.95 bits per heavy atom. The number of anilines is 1. The van der Waals surface area contributed by atoms with E-state index in [0.717, 1.165) is 0 Å². The standard InChI is InChI=1S/C13H13NO5/c15-12(16)7-9-1-3-10(4-2-9)14-13(17)11-8-18-5-6-19-11/h1-4,8H,5-7H2,(H,14,17)(H,15,16). The van der Waals surface area contributed by atoms with Gasteiger partial charge in [-0.15, -0.1) is 0 Å². The average molecular weight is 263 g/mol. The Hall–Kier alpha value is -2.50. The molecule has 1 aliphatic heterocycles. The number of amides is 1. The van der Waals surface area contributed by atoms with Crippen LogP contribution in [0.1, 0.15) is 5.56 Å². The van der Waals surface area contributed by atoms with Crippen LogP contribution in [-0.2, 0) is 25.5 Å². The quantitative estimate of drug-likeness (QED) is 0.850. The number of rotatable bonds is 4. The van der Waals surface area contributed by atoms with Crippen LogP contribution < -0.4 is 5.32 Å². The van der Waals surface area contributed by atoms with Crippen molar-refractivity contribution in [1.29, 1.82) is 0 Å². The third-order valence-electron chi connectivity index (χ3n) is 2.44. The highest BCUT2D eigenvalue weighted by atomic mass is 16.6. The van der Waals surface area contributed by atoms with E-state index in [2.05, 4.69) is 5.32 Å². The molecule has 0 saturated heterocycles. The minimum Gasteiger partial charge on any atom is -0.494 e. The van der Waals surface area contributed by atoms with E-state index in [1.165, 1.54) is 6.26 Å². The molecular formula is C13H13NO5. The highest BCUT2D eigenvalue weighted by molar-refractivity contribution is 6.02. The second-order valence-electron chi connectivity index (χ2n) is 3.92. The second kappa shape index (κ2) is 5.90. The summed E-state index contributed by atoms with van der Waals surface area (Å²) in [5.74, 6) is -1.17. The molecule has 0 spiro atoms. The van der Waals surface area contributed by atoms with Crippen molar-refractivity contribution in [2.75, 3.05) is 18.5 Å². The summed E-state index contributed by atoms with van der Waals surface area (Å²) in [7, 11) is 0. The van der Waals surface area contributed by atoms with Gasteiger partial charge in [0.2, 0.25) is 5.76 Å². The minimum absolute atomic E-state index is 0.0453. The lowest BCUT2D eigenvalue weighted by Gasteiger charge is -2.15. The molecule has 1 aromatic rings. The summed E-state index contributed by atoms with van der Waals surface area (Å²) in [5.41, 5.74) is 1.23. The molecule has 0 unspecified atom stereocenters. The molecule has 1 amide bonds. The molecule has 1 aliphatic rings. The molecule has 6 nitrogen and oxygen atoms in total. The summed E-state index contributed by atoms with van der Waals surface area (Å²) in [5, 5.41) is 11.3. The van der Waals surface area contributed by atoms with Gasteiger partial charge in [0.1, 0.15) is 19.5 Å². The van der Waals surface area contributed by atoms with Gasteiger partial charge < -0.3 is 19.9 Å². The van der Waals surface area contributed by atoms with Gasteiger partial charge >= 0.3 is 5.97 Å². The van der Waals surface area contributed by atoms with E-state index >= 15 is 0 Å². The Morgan fingerprint density at radius 3 is 2.53 bits per heavy atom. The van der Waals surface area contributed by atoms with Gasteiger partial charge in [0, 0.05) is 5.69 Å². The first kappa shape index (κ1) is 12.9. The maximum atomic E-state index is 11.8. The van der Waals surface area contributed by atoms with Crippen LogP contribution >= 0.6 is 0 Å². The number of carboxylic acid groups (broad SMARTS) is 1. The van der Waals surface area contributed by atoms with Crippen LogP contribution in [0.25, 0.3) is 0 Å². The summed E-state index contributed by atoms with van der Waals surface area (Å²) in [4.78, 5) is 22.3. The number of carbonyl (C=O) groups excluding carboxylic acids is 1. The molecule has 19 heavy (non-hydrogen) atoms. The number of carbonyl (C=O) groups is 2. The second-order valence-corrected chi connectivity index (χ2v) is 3.92. The van der Waals surface area contributed by atoms with Crippen molar-refractivity contribution in [3.63, 3.8) is 0 Å². The van der Waals surface area contributed by atoms with Crippen LogP contribution in [0, 0.1) is 0 Å². The summed E-state index contributed by atoms with van der Waals surface area (Å²) in [6.45, 7) is 0.775. The predicted molar refractivity (Wildman–Crippen MR) is 66.4 cm³/mol. The number of nitrogens with one attached hydrogen (secondary N) is 1. The zero-order chi connectivity index (χ0) is 13.7. The number of aliphatic carboxylic acids is 1. The summed E-state index contributed by atoms with van der Waals surface area (Å²) in [6.07, 6.45) is 1.23. The first-order chi connectivity index (χ1) is 9.15. The van der Waals surface area contributed by atoms with Crippen LogP contribution in [0.3, 0.4) is 0 Å². The fourth-order valence-electron chi connectivity index (χ4n) is 1.56. The van der Waals surface area contributed by atoms with Crippen molar-refractivity contribution in [3.05, 3.63) is 41.9 Å². The monoisotopic (exact) mass is 263 g/mol. The normalized spacial score (nSPS) is 13.8. The lowest BCUT2D eigenvalue weighted by molar-refractivity contribution is -0.136. The van der Waals surface area contributed by atoms with Crippen molar-refractivity contribution < 1.29 is 24.2 Å². The SMILES string of the molecule is O=C(O)Cc1ccc(NC(=O)C2=COCCO2)cc1. The zero-order valence-corrected chi connectivity index (χ0v) is 10.1. The molecule has 0 aromatic heterocycles. The smallest absolute Gasteiger partial charge is 0.307 e. The van der Waals surface area contributed by atoms with Gasteiger partial charge in [0.15, 0.2) is 0 Å². The Kier molecular flexibility index (Phi) is 4.02. The van der Waals surface area contributed by atoms with Crippen LogP contribution in [0.15, 0.2) is 36.3 Å². The zero-order valence-electron chi connectivity index (χ0n) is 10.1. The minimum atomic E-state index is -0.894. The van der Waals surface area contributed by atoms with Gasteiger partial charge in [-0.25, -0.2) is 0 Å². The molecule has 0 saturated carbocycles.